The molecule has 0 bridgehead atoms. The lowest BCUT2D eigenvalue weighted by atomic mass is 10.1. The molecule has 1 aliphatic heterocycles. The molecule has 1 aromatic carbocycles. The Kier molecular flexibility index (Phi) is 4.67. The fourth-order valence-electron chi connectivity index (χ4n) is 2.46. The molecule has 6 heteroatoms. The van der Waals surface area contributed by atoms with E-state index in [0.29, 0.717) is 12.2 Å². The number of methoxy groups -OCH3 is 1. The molecule has 2 rings (SSSR count). The summed E-state index contributed by atoms with van der Waals surface area (Å²) in [6.07, 6.45) is 0.148. The number of hydrogen-bond donors (Lipinski definition) is 1. The predicted octanol–water partition coefficient (Wildman–Crippen LogP) is 2.27. The highest BCUT2D eigenvalue weighted by atomic mass is 16.6. The number of nitrogens with zero attached hydrogens (tertiary/aromatic N) is 1. The van der Waals surface area contributed by atoms with E-state index in [1.54, 1.807) is 31.4 Å². The minimum atomic E-state index is -1.03. The van der Waals surface area contributed by atoms with Gasteiger partial charge in [-0.3, -0.25) is 4.90 Å². The summed E-state index contributed by atoms with van der Waals surface area (Å²) in [7, 11) is 1.57. The Morgan fingerprint density at radius 3 is 2.57 bits per heavy atom. The normalized spacial score (nSPS) is 21.2. The molecule has 0 saturated carbocycles. The molecule has 2 atom stereocenters. The zero-order valence-electron chi connectivity index (χ0n) is 12.1. The van der Waals surface area contributed by atoms with Crippen LogP contribution in [0.2, 0.25) is 0 Å². The van der Waals surface area contributed by atoms with Crippen molar-refractivity contribution < 1.29 is 24.2 Å². The number of benzene rings is 1. The average molecular weight is 293 g/mol. The number of carboxylic acid groups (broad SMARTS) is 1. The van der Waals surface area contributed by atoms with Gasteiger partial charge in [-0.1, -0.05) is 25.5 Å². The predicted molar refractivity (Wildman–Crippen MR) is 75.1 cm³/mol. The molecular formula is C15H19NO5. The van der Waals surface area contributed by atoms with Crippen molar-refractivity contribution in [3.8, 4) is 5.75 Å². The molecule has 1 heterocycles. The van der Waals surface area contributed by atoms with E-state index >= 15 is 0 Å². The third-order valence-electron chi connectivity index (χ3n) is 3.51. The molecule has 6 nitrogen and oxygen atoms in total. The summed E-state index contributed by atoms with van der Waals surface area (Å²) < 4.78 is 10.3. The molecule has 114 valence electrons. The maximum Gasteiger partial charge on any atom is 0.411 e. The molecule has 1 aromatic rings. The van der Waals surface area contributed by atoms with Crippen LogP contribution in [-0.2, 0) is 16.1 Å². The summed E-state index contributed by atoms with van der Waals surface area (Å²) in [5.74, 6) is -0.325. The summed E-state index contributed by atoms with van der Waals surface area (Å²) in [5, 5.41) is 9.36. The Bertz CT molecular complexity index is 513. The lowest BCUT2D eigenvalue weighted by molar-refractivity contribution is -0.143. The van der Waals surface area contributed by atoms with Crippen LogP contribution in [0.5, 0.6) is 5.75 Å². The highest BCUT2D eigenvalue weighted by molar-refractivity contribution is 5.83. The second-order valence-electron chi connectivity index (χ2n) is 4.97. The fourth-order valence-corrected chi connectivity index (χ4v) is 2.46. The van der Waals surface area contributed by atoms with Crippen LogP contribution in [0.15, 0.2) is 24.3 Å². The van der Waals surface area contributed by atoms with Gasteiger partial charge in [-0.15, -0.1) is 0 Å². The minimum absolute atomic E-state index is 0.208. The van der Waals surface area contributed by atoms with Gasteiger partial charge in [0.1, 0.15) is 11.9 Å². The smallest absolute Gasteiger partial charge is 0.411 e. The molecule has 0 aliphatic carbocycles. The number of ether oxygens (including phenoxy) is 2. The first-order valence-electron chi connectivity index (χ1n) is 6.89. The Hall–Kier alpha value is -2.24. The number of amides is 1. The Labute approximate surface area is 123 Å². The molecule has 1 saturated heterocycles. The number of cyclic esters (lactones) is 1. The molecule has 0 spiro atoms. The van der Waals surface area contributed by atoms with Gasteiger partial charge in [0.15, 0.2) is 6.04 Å². The first-order chi connectivity index (χ1) is 10.1. The first kappa shape index (κ1) is 15.2. The minimum Gasteiger partial charge on any atom is -0.497 e. The Balaban J connectivity index is 2.15. The molecule has 0 radical (unpaired) electrons. The standard InChI is InChI=1S/C15H19NO5/c1-3-4-12-13(14(17)18)16(15(19)21-12)9-10-5-7-11(20-2)8-6-10/h5-8,12-13H,3-4,9H2,1-2H3,(H,17,18)/t12-,13+/m0/s1. The van der Waals surface area contributed by atoms with E-state index in [4.69, 9.17) is 9.47 Å². The average Bonchev–Trinajstić information content (AvgIpc) is 2.76. The quantitative estimate of drug-likeness (QED) is 0.870. The number of aliphatic carboxylic acids is 1. The van der Waals surface area contributed by atoms with Crippen LogP contribution in [-0.4, -0.2) is 41.3 Å². The van der Waals surface area contributed by atoms with Gasteiger partial charge in [-0.05, 0) is 24.1 Å². The topological polar surface area (TPSA) is 76.1 Å². The van der Waals surface area contributed by atoms with Gasteiger partial charge >= 0.3 is 12.1 Å². The third kappa shape index (κ3) is 3.26. The molecule has 21 heavy (non-hydrogen) atoms. The molecule has 1 fully saturated rings. The molecule has 1 amide bonds. The van der Waals surface area contributed by atoms with Crippen molar-refractivity contribution in [3.63, 3.8) is 0 Å². The number of carbonyl (C=O) groups is 2. The van der Waals surface area contributed by atoms with E-state index in [1.165, 1.54) is 4.90 Å². The van der Waals surface area contributed by atoms with Crippen LogP contribution >= 0.6 is 0 Å². The molecule has 1 N–H and O–H groups in total. The lowest BCUT2D eigenvalue weighted by Gasteiger charge is -2.20. The van der Waals surface area contributed by atoms with Gasteiger partial charge in [0.05, 0.1) is 13.7 Å². The van der Waals surface area contributed by atoms with Crippen LogP contribution in [0.3, 0.4) is 0 Å². The van der Waals surface area contributed by atoms with Crippen LogP contribution in [0.1, 0.15) is 25.3 Å². The van der Waals surface area contributed by atoms with E-state index in [-0.39, 0.29) is 6.54 Å². The Morgan fingerprint density at radius 1 is 1.38 bits per heavy atom. The summed E-state index contributed by atoms with van der Waals surface area (Å²) in [4.78, 5) is 24.6. The lowest BCUT2D eigenvalue weighted by Crippen LogP contribution is -2.42. The highest BCUT2D eigenvalue weighted by Gasteiger charge is 2.45. The van der Waals surface area contributed by atoms with Gasteiger partial charge in [0.25, 0.3) is 0 Å². The third-order valence-corrected chi connectivity index (χ3v) is 3.51. The summed E-state index contributed by atoms with van der Waals surface area (Å²) in [5.41, 5.74) is 0.830. The SMILES string of the molecule is CCC[C@@H]1OC(=O)N(Cc2ccc(OC)cc2)[C@H]1C(=O)O. The van der Waals surface area contributed by atoms with Crippen molar-refractivity contribution in [2.24, 2.45) is 0 Å². The zero-order valence-corrected chi connectivity index (χ0v) is 12.1. The van der Waals surface area contributed by atoms with Gasteiger partial charge < -0.3 is 14.6 Å². The molecule has 0 aromatic heterocycles. The van der Waals surface area contributed by atoms with Crippen molar-refractivity contribution in [1.82, 2.24) is 4.90 Å². The maximum absolute atomic E-state index is 11.9. The second kappa shape index (κ2) is 6.47. The van der Waals surface area contributed by atoms with E-state index in [1.807, 2.05) is 6.92 Å². The van der Waals surface area contributed by atoms with Crippen molar-refractivity contribution in [2.75, 3.05) is 7.11 Å². The van der Waals surface area contributed by atoms with Gasteiger partial charge in [-0.25, -0.2) is 9.59 Å². The number of carbonyl (C=O) groups excluding carboxylic acids is 1. The van der Waals surface area contributed by atoms with Crippen molar-refractivity contribution in [3.05, 3.63) is 29.8 Å². The van der Waals surface area contributed by atoms with E-state index in [0.717, 1.165) is 12.0 Å². The molecular weight excluding hydrogens is 274 g/mol. The van der Waals surface area contributed by atoms with Crippen LogP contribution in [0.25, 0.3) is 0 Å². The monoisotopic (exact) mass is 293 g/mol. The summed E-state index contributed by atoms with van der Waals surface area (Å²) in [6, 6.07) is 6.22. The van der Waals surface area contributed by atoms with Gasteiger partial charge in [-0.2, -0.15) is 0 Å². The van der Waals surface area contributed by atoms with Crippen LogP contribution in [0, 0.1) is 0 Å². The zero-order chi connectivity index (χ0) is 15.4. The van der Waals surface area contributed by atoms with Gasteiger partial charge in [0.2, 0.25) is 0 Å². The van der Waals surface area contributed by atoms with Gasteiger partial charge in [0, 0.05) is 0 Å². The van der Waals surface area contributed by atoms with Crippen LogP contribution < -0.4 is 4.74 Å². The highest BCUT2D eigenvalue weighted by Crippen LogP contribution is 2.26. The molecule has 1 aliphatic rings. The van der Waals surface area contributed by atoms with Crippen molar-refractivity contribution >= 4 is 12.1 Å². The van der Waals surface area contributed by atoms with E-state index in [9.17, 15) is 14.7 Å². The number of rotatable bonds is 6. The van der Waals surface area contributed by atoms with Crippen molar-refractivity contribution in [2.45, 2.75) is 38.5 Å². The largest absolute Gasteiger partial charge is 0.497 e. The van der Waals surface area contributed by atoms with Crippen molar-refractivity contribution in [1.29, 1.82) is 0 Å². The number of hydrogen-bond acceptors (Lipinski definition) is 4. The second-order valence-corrected chi connectivity index (χ2v) is 4.97. The van der Waals surface area contributed by atoms with E-state index in [2.05, 4.69) is 0 Å². The first-order valence-corrected chi connectivity index (χ1v) is 6.89. The van der Waals surface area contributed by atoms with E-state index < -0.39 is 24.2 Å². The Morgan fingerprint density at radius 2 is 2.05 bits per heavy atom. The van der Waals surface area contributed by atoms with Crippen LogP contribution in [0.4, 0.5) is 4.79 Å². The fraction of sp³-hybridized carbons (Fsp3) is 0.467. The summed E-state index contributed by atoms with van der Waals surface area (Å²) in [6.45, 7) is 2.14. The number of carboxylic acids is 1. The summed E-state index contributed by atoms with van der Waals surface area (Å²) >= 11 is 0. The maximum atomic E-state index is 11.9. The molecule has 0 unspecified atom stereocenters.